The van der Waals surface area contributed by atoms with E-state index in [2.05, 4.69) is 5.32 Å². The lowest BCUT2D eigenvalue weighted by molar-refractivity contribution is 0.0532. The van der Waals surface area contributed by atoms with Crippen LogP contribution in [0.4, 0.5) is 0 Å². The van der Waals surface area contributed by atoms with Gasteiger partial charge in [-0.3, -0.25) is 13.9 Å². The molecular weight excluding hydrogens is 380 g/mol. The van der Waals surface area contributed by atoms with Crippen LogP contribution in [-0.2, 0) is 6.54 Å². The van der Waals surface area contributed by atoms with Crippen molar-refractivity contribution < 1.29 is 9.90 Å². The van der Waals surface area contributed by atoms with Gasteiger partial charge in [0.15, 0.2) is 0 Å². The molecule has 1 amide bonds. The topological polar surface area (TPSA) is 100 Å². The number of amides is 1. The van der Waals surface area contributed by atoms with E-state index in [9.17, 15) is 14.7 Å². The zero-order valence-corrected chi connectivity index (χ0v) is 16.2. The molecule has 0 aliphatic heterocycles. The number of aromatic nitrogens is 2. The molecular formula is C20H23ClN4O3. The van der Waals surface area contributed by atoms with E-state index in [-0.39, 0.29) is 28.7 Å². The summed E-state index contributed by atoms with van der Waals surface area (Å²) < 4.78 is 2.61. The van der Waals surface area contributed by atoms with Crippen molar-refractivity contribution in [3.8, 4) is 11.8 Å². The Balaban J connectivity index is 1.80. The van der Waals surface area contributed by atoms with Crippen LogP contribution in [0.2, 0.25) is 5.02 Å². The Bertz CT molecular complexity index is 936. The van der Waals surface area contributed by atoms with Crippen molar-refractivity contribution in [2.45, 2.75) is 51.3 Å². The van der Waals surface area contributed by atoms with Crippen LogP contribution in [0.3, 0.4) is 0 Å². The lowest BCUT2D eigenvalue weighted by Gasteiger charge is -2.22. The number of carbonyl (C=O) groups is 1. The average molecular weight is 403 g/mol. The standard InChI is InChI=1S/C20H23ClN4O3/c21-17-8-7-15(25-12-11-24(10-9-22)20(25)28)13-16(17)19(27)23-18(26)14-5-3-1-2-4-6-14/h7-8,11-14,18,26H,1-6,10H2,(H,23,27). The van der Waals surface area contributed by atoms with Crippen LogP contribution in [0, 0.1) is 17.2 Å². The fourth-order valence-electron chi connectivity index (χ4n) is 3.60. The summed E-state index contributed by atoms with van der Waals surface area (Å²) in [4.78, 5) is 25.0. The predicted octanol–water partition coefficient (Wildman–Crippen LogP) is 2.83. The number of rotatable bonds is 5. The second kappa shape index (κ2) is 9.09. The minimum atomic E-state index is -0.926. The Kier molecular flexibility index (Phi) is 6.55. The highest BCUT2D eigenvalue weighted by Gasteiger charge is 2.23. The highest BCUT2D eigenvalue weighted by molar-refractivity contribution is 6.33. The maximum atomic E-state index is 12.7. The van der Waals surface area contributed by atoms with E-state index in [0.29, 0.717) is 5.69 Å². The number of halogens is 1. The van der Waals surface area contributed by atoms with Gasteiger partial charge in [-0.2, -0.15) is 5.26 Å². The van der Waals surface area contributed by atoms with Gasteiger partial charge in [-0.15, -0.1) is 0 Å². The second-order valence-electron chi connectivity index (χ2n) is 7.07. The van der Waals surface area contributed by atoms with E-state index in [4.69, 9.17) is 16.9 Å². The number of aliphatic hydroxyl groups excluding tert-OH is 1. The van der Waals surface area contributed by atoms with Gasteiger partial charge >= 0.3 is 5.69 Å². The lowest BCUT2D eigenvalue weighted by atomic mass is 9.98. The van der Waals surface area contributed by atoms with Crippen molar-refractivity contribution in [3.63, 3.8) is 0 Å². The number of aliphatic hydroxyl groups is 1. The van der Waals surface area contributed by atoms with E-state index < -0.39 is 12.1 Å². The Morgan fingerprint density at radius 1 is 1.29 bits per heavy atom. The summed E-state index contributed by atoms with van der Waals surface area (Å²) in [7, 11) is 0. The third-order valence-electron chi connectivity index (χ3n) is 5.19. The van der Waals surface area contributed by atoms with Gasteiger partial charge < -0.3 is 10.4 Å². The summed E-state index contributed by atoms with van der Waals surface area (Å²) in [6, 6.07) is 6.60. The first kappa shape index (κ1) is 20.2. The van der Waals surface area contributed by atoms with Crippen LogP contribution < -0.4 is 11.0 Å². The smallest absolute Gasteiger partial charge is 0.333 e. The van der Waals surface area contributed by atoms with Crippen LogP contribution in [0.1, 0.15) is 48.9 Å². The Morgan fingerprint density at radius 2 is 2.00 bits per heavy atom. The van der Waals surface area contributed by atoms with E-state index >= 15 is 0 Å². The first-order valence-corrected chi connectivity index (χ1v) is 9.82. The third-order valence-corrected chi connectivity index (χ3v) is 5.52. The average Bonchev–Trinajstić information content (AvgIpc) is 2.88. The molecule has 1 saturated carbocycles. The number of nitrogens with zero attached hydrogens (tertiary/aromatic N) is 3. The first-order chi connectivity index (χ1) is 13.5. The maximum Gasteiger partial charge on any atom is 0.333 e. The summed E-state index contributed by atoms with van der Waals surface area (Å²) >= 11 is 6.19. The molecule has 0 radical (unpaired) electrons. The fraction of sp³-hybridized carbons (Fsp3) is 0.450. The van der Waals surface area contributed by atoms with Gasteiger partial charge in [-0.1, -0.05) is 37.3 Å². The number of nitriles is 1. The quantitative estimate of drug-likeness (QED) is 0.593. The van der Waals surface area contributed by atoms with Crippen LogP contribution >= 0.6 is 11.6 Å². The third kappa shape index (κ3) is 4.46. The molecule has 1 heterocycles. The molecule has 8 heteroatoms. The molecule has 0 spiro atoms. The Labute approximate surface area is 168 Å². The van der Waals surface area contributed by atoms with E-state index in [1.54, 1.807) is 6.07 Å². The minimum absolute atomic E-state index is 0.0380. The van der Waals surface area contributed by atoms with Crippen LogP contribution in [0.5, 0.6) is 0 Å². The van der Waals surface area contributed by atoms with Gasteiger partial charge in [-0.05, 0) is 31.0 Å². The molecule has 1 fully saturated rings. The zero-order chi connectivity index (χ0) is 20.1. The predicted molar refractivity (Wildman–Crippen MR) is 105 cm³/mol. The molecule has 1 aromatic carbocycles. The molecule has 1 aliphatic carbocycles. The van der Waals surface area contributed by atoms with Gasteiger partial charge in [0.1, 0.15) is 12.8 Å². The molecule has 3 rings (SSSR count). The van der Waals surface area contributed by atoms with Gasteiger partial charge in [0.2, 0.25) is 0 Å². The van der Waals surface area contributed by atoms with Crippen molar-refractivity contribution in [3.05, 3.63) is 51.7 Å². The van der Waals surface area contributed by atoms with Gasteiger partial charge in [0.05, 0.1) is 22.3 Å². The van der Waals surface area contributed by atoms with Crippen molar-refractivity contribution in [1.29, 1.82) is 5.26 Å². The molecule has 0 saturated heterocycles. The molecule has 0 bridgehead atoms. The van der Waals surface area contributed by atoms with Gasteiger partial charge in [0.25, 0.3) is 5.91 Å². The van der Waals surface area contributed by atoms with Crippen LogP contribution in [-0.4, -0.2) is 26.4 Å². The highest BCUT2D eigenvalue weighted by atomic mass is 35.5. The second-order valence-corrected chi connectivity index (χ2v) is 7.48. The van der Waals surface area contributed by atoms with E-state index in [1.165, 1.54) is 33.7 Å². The molecule has 2 aromatic rings. The van der Waals surface area contributed by atoms with Gasteiger partial charge in [0, 0.05) is 18.3 Å². The normalized spacial score (nSPS) is 16.2. The minimum Gasteiger partial charge on any atom is -0.373 e. The lowest BCUT2D eigenvalue weighted by Crippen LogP contribution is -2.40. The van der Waals surface area contributed by atoms with Crippen LogP contribution in [0.15, 0.2) is 35.4 Å². The van der Waals surface area contributed by atoms with Crippen molar-refractivity contribution in [2.24, 2.45) is 5.92 Å². The summed E-state index contributed by atoms with van der Waals surface area (Å²) in [6.07, 6.45) is 8.31. The highest BCUT2D eigenvalue weighted by Crippen LogP contribution is 2.25. The number of carbonyl (C=O) groups excluding carboxylic acids is 1. The summed E-state index contributed by atoms with van der Waals surface area (Å²) in [5.41, 5.74) is 0.265. The first-order valence-electron chi connectivity index (χ1n) is 9.45. The molecule has 28 heavy (non-hydrogen) atoms. The Morgan fingerprint density at radius 3 is 2.68 bits per heavy atom. The largest absolute Gasteiger partial charge is 0.373 e. The molecule has 7 nitrogen and oxygen atoms in total. The number of imidazole rings is 1. The molecule has 2 N–H and O–H groups in total. The van der Waals surface area contributed by atoms with Crippen LogP contribution in [0.25, 0.3) is 5.69 Å². The molecule has 1 unspecified atom stereocenters. The monoisotopic (exact) mass is 402 g/mol. The summed E-state index contributed by atoms with van der Waals surface area (Å²) in [5.74, 6) is -0.441. The number of hydrogen-bond donors (Lipinski definition) is 2. The number of hydrogen-bond acceptors (Lipinski definition) is 4. The molecule has 148 valence electrons. The SMILES string of the molecule is N#CCn1ccn(-c2ccc(Cl)c(C(=O)NC(O)C3CCCCCC3)c2)c1=O. The number of benzene rings is 1. The summed E-state index contributed by atoms with van der Waals surface area (Å²) in [6.45, 7) is -0.0552. The van der Waals surface area contributed by atoms with Gasteiger partial charge in [-0.25, -0.2) is 4.79 Å². The van der Waals surface area contributed by atoms with Crippen molar-refractivity contribution >= 4 is 17.5 Å². The van der Waals surface area contributed by atoms with E-state index in [1.807, 2.05) is 6.07 Å². The fourth-order valence-corrected chi connectivity index (χ4v) is 3.80. The van der Waals surface area contributed by atoms with Crippen molar-refractivity contribution in [2.75, 3.05) is 0 Å². The maximum absolute atomic E-state index is 12.7. The molecule has 1 aromatic heterocycles. The zero-order valence-electron chi connectivity index (χ0n) is 15.5. The summed E-state index contributed by atoms with van der Waals surface area (Å²) in [5, 5.41) is 22.1. The van der Waals surface area contributed by atoms with Crippen molar-refractivity contribution in [1.82, 2.24) is 14.5 Å². The van der Waals surface area contributed by atoms with E-state index in [0.717, 1.165) is 38.5 Å². The Hall–Kier alpha value is -2.56. The number of nitrogens with one attached hydrogen (secondary N) is 1. The molecule has 1 atom stereocenters. The molecule has 1 aliphatic rings.